The molecule has 0 unspecified atom stereocenters. The minimum atomic E-state index is -1.09. The van der Waals surface area contributed by atoms with E-state index in [4.69, 9.17) is 42.9 Å². The number of benzene rings is 3. The van der Waals surface area contributed by atoms with Crippen molar-refractivity contribution >= 4 is 46.7 Å². The molecule has 286 valence electrons. The van der Waals surface area contributed by atoms with Crippen molar-refractivity contribution in [2.75, 3.05) is 25.5 Å². The lowest BCUT2D eigenvalue weighted by Gasteiger charge is -2.18. The first-order chi connectivity index (χ1) is 25.8. The molecule has 0 saturated heterocycles. The first-order valence-corrected chi connectivity index (χ1v) is 18.0. The molecule has 0 saturated carbocycles. The summed E-state index contributed by atoms with van der Waals surface area (Å²) in [5.74, 6) is -2.06. The lowest BCUT2D eigenvalue weighted by Crippen LogP contribution is -2.28. The molecule has 13 nitrogen and oxygen atoms in total. The number of anilines is 1. The van der Waals surface area contributed by atoms with Gasteiger partial charge in [-0.05, 0) is 71.8 Å². The second-order valence-corrected chi connectivity index (χ2v) is 13.8. The minimum absolute atomic E-state index is 0.0597. The zero-order valence-corrected chi connectivity index (χ0v) is 31.2. The molecule has 5 rings (SSSR count). The van der Waals surface area contributed by atoms with Crippen LogP contribution in [0.2, 0.25) is 10.0 Å². The van der Waals surface area contributed by atoms with E-state index in [9.17, 15) is 24.6 Å². The number of carboxylic acids is 2. The number of nitrogens with zero attached hydrogens (tertiary/aromatic N) is 1. The number of hydrogen-bond donors (Lipinski definition) is 7. The SMILES string of the molecule is COc1nc(O[C@H]2CCc3c(-c4cccc(C(=O)Nc5ccc(CNC[C@@H](O)CC(=O)O)c(C)c5)c4Cl)cccc32)c(Cl)cc1CNC[C@@H](O)CC(=O)O. The molecule has 1 aromatic heterocycles. The van der Waals surface area contributed by atoms with Crippen LogP contribution in [0.15, 0.2) is 60.7 Å². The Labute approximate surface area is 322 Å². The number of hydrogen-bond acceptors (Lipinski definition) is 10. The molecule has 54 heavy (non-hydrogen) atoms. The molecule has 0 bridgehead atoms. The van der Waals surface area contributed by atoms with Crippen molar-refractivity contribution in [1.29, 1.82) is 0 Å². The van der Waals surface area contributed by atoms with Crippen molar-refractivity contribution in [3.8, 4) is 22.9 Å². The molecule has 0 aliphatic heterocycles. The van der Waals surface area contributed by atoms with Gasteiger partial charge >= 0.3 is 11.9 Å². The topological polar surface area (TPSA) is 200 Å². The van der Waals surface area contributed by atoms with E-state index in [2.05, 4.69) is 20.9 Å². The summed E-state index contributed by atoms with van der Waals surface area (Å²) in [5.41, 5.74) is 6.88. The van der Waals surface area contributed by atoms with Crippen molar-refractivity contribution in [1.82, 2.24) is 15.6 Å². The Bertz CT molecular complexity index is 2010. The Morgan fingerprint density at radius 2 is 1.52 bits per heavy atom. The van der Waals surface area contributed by atoms with Crippen LogP contribution < -0.4 is 25.4 Å². The Morgan fingerprint density at radius 1 is 0.870 bits per heavy atom. The predicted octanol–water partition coefficient (Wildman–Crippen LogP) is 5.54. The molecule has 0 spiro atoms. The molecule has 1 amide bonds. The number of halogens is 2. The number of carbonyl (C=O) groups excluding carboxylic acids is 1. The summed E-state index contributed by atoms with van der Waals surface area (Å²) in [6.07, 6.45) is -1.80. The van der Waals surface area contributed by atoms with Gasteiger partial charge in [0.2, 0.25) is 11.8 Å². The first kappa shape index (κ1) is 40.4. The molecule has 1 aliphatic carbocycles. The van der Waals surface area contributed by atoms with Gasteiger partial charge in [-0.25, -0.2) is 0 Å². The van der Waals surface area contributed by atoms with Crippen LogP contribution in [-0.4, -0.2) is 75.7 Å². The quantitative estimate of drug-likeness (QED) is 0.0666. The summed E-state index contributed by atoms with van der Waals surface area (Å²) < 4.78 is 11.8. The molecular formula is C39H42Cl2N4O9. The fourth-order valence-electron chi connectivity index (χ4n) is 6.39. The molecule has 0 fully saturated rings. The molecule has 0 radical (unpaired) electrons. The van der Waals surface area contributed by atoms with Gasteiger partial charge in [-0.3, -0.25) is 14.4 Å². The normalized spacial score (nSPS) is 14.6. The molecule has 15 heteroatoms. The average Bonchev–Trinajstić information content (AvgIpc) is 3.52. The zero-order chi connectivity index (χ0) is 38.9. The Kier molecular flexibility index (Phi) is 13.9. The highest BCUT2D eigenvalue weighted by atomic mass is 35.5. The largest absolute Gasteiger partial charge is 0.481 e. The van der Waals surface area contributed by atoms with Crippen LogP contribution >= 0.6 is 23.2 Å². The minimum Gasteiger partial charge on any atom is -0.481 e. The first-order valence-electron chi connectivity index (χ1n) is 17.3. The average molecular weight is 782 g/mol. The van der Waals surface area contributed by atoms with Crippen molar-refractivity contribution in [2.45, 2.75) is 64.0 Å². The monoisotopic (exact) mass is 780 g/mol. The molecule has 1 heterocycles. The Morgan fingerprint density at radius 3 is 2.17 bits per heavy atom. The van der Waals surface area contributed by atoms with Crippen molar-refractivity contribution in [3.63, 3.8) is 0 Å². The number of pyridine rings is 1. The van der Waals surface area contributed by atoms with Gasteiger partial charge in [0.25, 0.3) is 5.91 Å². The van der Waals surface area contributed by atoms with Gasteiger partial charge in [-0.15, -0.1) is 0 Å². The van der Waals surface area contributed by atoms with Gasteiger partial charge in [0.05, 0.1) is 42.7 Å². The molecule has 7 N–H and O–H groups in total. The van der Waals surface area contributed by atoms with Gasteiger partial charge in [0.1, 0.15) is 11.1 Å². The number of aryl methyl sites for hydroxylation is 1. The molecule has 1 aliphatic rings. The summed E-state index contributed by atoms with van der Waals surface area (Å²) in [5, 5.41) is 46.9. The summed E-state index contributed by atoms with van der Waals surface area (Å²) in [7, 11) is 1.47. The van der Waals surface area contributed by atoms with Crippen molar-refractivity contribution < 1.29 is 44.3 Å². The van der Waals surface area contributed by atoms with E-state index in [0.29, 0.717) is 46.8 Å². The van der Waals surface area contributed by atoms with Crippen LogP contribution in [-0.2, 0) is 29.1 Å². The number of ether oxygens (including phenoxy) is 2. The highest BCUT2D eigenvalue weighted by Gasteiger charge is 2.29. The second-order valence-electron chi connectivity index (χ2n) is 13.0. The summed E-state index contributed by atoms with van der Waals surface area (Å²) in [6.45, 7) is 2.75. The van der Waals surface area contributed by atoms with Gasteiger partial charge < -0.3 is 45.9 Å². The summed E-state index contributed by atoms with van der Waals surface area (Å²) >= 11 is 13.6. The third kappa shape index (κ3) is 10.3. The number of methoxy groups -OCH3 is 1. The van der Waals surface area contributed by atoms with E-state index < -0.39 is 24.1 Å². The second kappa shape index (κ2) is 18.5. The number of rotatable bonds is 18. The maximum Gasteiger partial charge on any atom is 0.306 e. The van der Waals surface area contributed by atoms with Gasteiger partial charge in [0, 0.05) is 43.0 Å². The molecular weight excluding hydrogens is 739 g/mol. The van der Waals surface area contributed by atoms with Crippen LogP contribution in [0.4, 0.5) is 5.69 Å². The van der Waals surface area contributed by atoms with Crippen molar-refractivity contribution in [2.24, 2.45) is 0 Å². The lowest BCUT2D eigenvalue weighted by atomic mass is 9.95. The number of carbonyl (C=O) groups is 3. The highest BCUT2D eigenvalue weighted by molar-refractivity contribution is 6.37. The summed E-state index contributed by atoms with van der Waals surface area (Å²) in [6, 6.07) is 18.3. The Balaban J connectivity index is 1.27. The number of fused-ring (bicyclic) bond motifs is 1. The molecule has 4 aromatic rings. The number of nitrogens with one attached hydrogen (secondary N) is 3. The fraction of sp³-hybridized carbons (Fsp3) is 0.333. The number of carboxylic acid groups (broad SMARTS) is 2. The van der Waals surface area contributed by atoms with E-state index >= 15 is 0 Å². The van der Waals surface area contributed by atoms with Crippen LogP contribution in [0.5, 0.6) is 11.8 Å². The van der Waals surface area contributed by atoms with Gasteiger partial charge in [0.15, 0.2) is 0 Å². The lowest BCUT2D eigenvalue weighted by molar-refractivity contribution is -0.140. The predicted molar refractivity (Wildman–Crippen MR) is 203 cm³/mol. The maximum atomic E-state index is 13.5. The smallest absolute Gasteiger partial charge is 0.306 e. The highest BCUT2D eigenvalue weighted by Crippen LogP contribution is 2.43. The third-order valence-corrected chi connectivity index (χ3v) is 9.67. The zero-order valence-electron chi connectivity index (χ0n) is 29.7. The van der Waals surface area contributed by atoms with Crippen LogP contribution in [0.25, 0.3) is 11.1 Å². The fourth-order valence-corrected chi connectivity index (χ4v) is 6.92. The van der Waals surface area contributed by atoms with Gasteiger partial charge in [-0.1, -0.05) is 59.6 Å². The van der Waals surface area contributed by atoms with Crippen LogP contribution in [0.1, 0.15) is 63.5 Å². The van der Waals surface area contributed by atoms with E-state index in [1.807, 2.05) is 43.3 Å². The third-order valence-electron chi connectivity index (χ3n) is 8.99. The van der Waals surface area contributed by atoms with E-state index in [0.717, 1.165) is 27.8 Å². The number of aromatic nitrogens is 1. The summed E-state index contributed by atoms with van der Waals surface area (Å²) in [4.78, 5) is 39.6. The number of aliphatic carboxylic acids is 2. The number of amides is 1. The number of aliphatic hydroxyl groups is 2. The van der Waals surface area contributed by atoms with Crippen molar-refractivity contribution in [3.05, 3.63) is 104 Å². The van der Waals surface area contributed by atoms with E-state index in [-0.39, 0.29) is 61.3 Å². The Hall–Kier alpha value is -4.76. The van der Waals surface area contributed by atoms with E-state index in [1.165, 1.54) is 7.11 Å². The number of aliphatic hydroxyl groups excluding tert-OH is 2. The molecule has 3 aromatic carbocycles. The molecule has 3 atom stereocenters. The van der Waals surface area contributed by atoms with Gasteiger partial charge in [-0.2, -0.15) is 4.98 Å². The maximum absolute atomic E-state index is 13.5. The van der Waals surface area contributed by atoms with Crippen LogP contribution in [0, 0.1) is 6.92 Å². The van der Waals surface area contributed by atoms with Crippen LogP contribution in [0.3, 0.4) is 0 Å². The standard InChI is InChI=1S/C39H42Cl2N4O9/c1-21-13-24(10-9-22(21)17-42-19-25(46)15-34(48)49)44-37(52)31-8-4-7-30(36(31)41)27-5-3-6-29-28(27)11-12-33(29)54-39-32(40)14-23(38(45-39)53-2)18-43-20-26(47)16-35(50)51/h3-10,13-14,25-26,33,42-43,46-47H,11-12,15-20H2,1-2H3,(H,44,52)(H,48,49)(H,50,51)/t25-,26-,33-/m0/s1. The van der Waals surface area contributed by atoms with E-state index in [1.54, 1.807) is 24.3 Å².